The number of nitrogens with zero attached hydrogens (tertiary/aromatic N) is 2. The van der Waals surface area contributed by atoms with Crippen LogP contribution in [-0.4, -0.2) is 97.2 Å². The van der Waals surface area contributed by atoms with Crippen LogP contribution in [0.15, 0.2) is 60.5 Å². The molecule has 56 heavy (non-hydrogen) atoms. The summed E-state index contributed by atoms with van der Waals surface area (Å²) in [6.07, 6.45) is 10.1. The van der Waals surface area contributed by atoms with E-state index in [0.717, 1.165) is 12.8 Å². The Labute approximate surface area is 357 Å². The van der Waals surface area contributed by atoms with Crippen molar-refractivity contribution in [2.75, 3.05) is 19.6 Å². The van der Waals surface area contributed by atoms with Crippen LogP contribution >= 0.6 is 11.6 Å². The van der Waals surface area contributed by atoms with Crippen LogP contribution in [0.1, 0.15) is 71.3 Å². The number of carbonyl (C=O) groups excluding carboxylic acids is 4. The number of likely N-dealkylation sites (tertiary alicyclic amines) is 1. The summed E-state index contributed by atoms with van der Waals surface area (Å²) in [4.78, 5) is 55.4. The zero-order valence-corrected chi connectivity index (χ0v) is 37.6. The molecule has 3 unspecified atom stereocenters. The number of nitrogens with one attached hydrogen (secondary N) is 3. The summed E-state index contributed by atoms with van der Waals surface area (Å²) in [6, 6.07) is 4.26. The molecule has 0 bridgehead atoms. The van der Waals surface area contributed by atoms with Gasteiger partial charge in [-0.2, -0.15) is 31.9 Å². The molecule has 6 rings (SSSR count). The van der Waals surface area contributed by atoms with Gasteiger partial charge in [-0.25, -0.2) is 17.6 Å². The normalized spacial score (nSPS) is 30.0. The zero-order chi connectivity index (χ0) is 39.9. The van der Waals surface area contributed by atoms with Crippen molar-refractivity contribution in [1.82, 2.24) is 25.2 Å². The molecule has 3 heterocycles. The first kappa shape index (κ1) is 46.0. The summed E-state index contributed by atoms with van der Waals surface area (Å²) in [5, 5.41) is 17.0. The number of hydrogen-bond acceptors (Lipinski definition) is 8. The van der Waals surface area contributed by atoms with E-state index in [-0.39, 0.29) is 80.4 Å². The number of carbonyl (C=O) groups is 3. The van der Waals surface area contributed by atoms with Crippen LogP contribution in [0.3, 0.4) is 0 Å². The molecule has 17 heteroatoms. The molecule has 2 aliphatic carbocycles. The van der Waals surface area contributed by atoms with Gasteiger partial charge in [0.25, 0.3) is 0 Å². The number of rotatable bonds is 8. The van der Waals surface area contributed by atoms with Crippen molar-refractivity contribution in [3.8, 4) is 0 Å². The average molecular weight is 1040 g/mol. The van der Waals surface area contributed by atoms with Gasteiger partial charge in [0.2, 0.25) is 21.8 Å². The van der Waals surface area contributed by atoms with Crippen LogP contribution in [0, 0.1) is 54.8 Å². The van der Waals surface area contributed by atoms with Crippen molar-refractivity contribution >= 4 is 45.9 Å². The smallest absolute Gasteiger partial charge is 0.520 e. The minimum absolute atomic E-state index is 0. The number of allylic oxidation sites excluding steroid dienone is 3. The van der Waals surface area contributed by atoms with Crippen LogP contribution < -0.4 is 15.4 Å². The Morgan fingerprint density at radius 1 is 1.16 bits per heavy atom. The number of amides is 4. The minimum atomic E-state index is -4.14. The predicted molar refractivity (Wildman–Crippen MR) is 205 cm³/mol. The number of fused-ring (bicyclic) bond motifs is 3. The molecule has 1 aromatic rings. The second-order valence-electron chi connectivity index (χ2n) is 15.4. The maximum absolute atomic E-state index is 14.4. The average Bonchev–Trinajstić information content (AvgIpc) is 3.41. The second kappa shape index (κ2) is 20.3. The molecule has 13 nitrogen and oxygen atoms in total. The molecule has 4 N–H and O–H groups in total. The SMILES string of the molecule is C[C-](C)C.O=[C-]N[C@H]1CCCCC/C=C\[C@@H]2C[C@@]2(C(O)NS(=O)(=O)Cc2ccccc2Cl)NC(=O)[C@@H]2C[C@@H](OC(=O)N3CC4C=CC=C(F)C4C3)CN2C1=O.[U+2]. The van der Waals surface area contributed by atoms with E-state index < -0.39 is 75.5 Å². The molecule has 5 aliphatic rings. The van der Waals surface area contributed by atoms with Gasteiger partial charge in [-0.3, -0.25) is 9.59 Å². The number of sulfonamides is 1. The molecule has 3 aliphatic heterocycles. The van der Waals surface area contributed by atoms with E-state index in [1.807, 2.05) is 18.2 Å². The van der Waals surface area contributed by atoms with Gasteiger partial charge in [-0.05, 0) is 43.4 Å². The summed E-state index contributed by atoms with van der Waals surface area (Å²) in [6.45, 7) is 6.47. The minimum Gasteiger partial charge on any atom is -0.520 e. The van der Waals surface area contributed by atoms with Crippen molar-refractivity contribution in [3.63, 3.8) is 0 Å². The third-order valence-corrected chi connectivity index (χ3v) is 12.1. The van der Waals surface area contributed by atoms with E-state index in [1.165, 1.54) is 21.8 Å². The summed E-state index contributed by atoms with van der Waals surface area (Å²) < 4.78 is 48.9. The van der Waals surface area contributed by atoms with Crippen molar-refractivity contribution in [1.29, 1.82) is 0 Å². The van der Waals surface area contributed by atoms with Gasteiger partial charge in [0.05, 0.1) is 23.9 Å². The van der Waals surface area contributed by atoms with Crippen LogP contribution in [0.4, 0.5) is 9.18 Å². The number of benzene rings is 1. The van der Waals surface area contributed by atoms with Gasteiger partial charge >= 0.3 is 37.2 Å². The molecule has 1 saturated carbocycles. The summed E-state index contributed by atoms with van der Waals surface area (Å²) in [5.74, 6) is -1.73. The fourth-order valence-corrected chi connectivity index (χ4v) is 9.14. The summed E-state index contributed by atoms with van der Waals surface area (Å²) >= 11 is 6.18. The molecule has 8 atom stereocenters. The quantitative estimate of drug-likeness (QED) is 0.130. The Bertz CT molecular complexity index is 1780. The molecular weight excluding hydrogens is 991 g/mol. The Morgan fingerprint density at radius 2 is 1.89 bits per heavy atom. The zero-order valence-electron chi connectivity index (χ0n) is 31.9. The van der Waals surface area contributed by atoms with E-state index in [0.29, 0.717) is 24.8 Å². The van der Waals surface area contributed by atoms with Crippen molar-refractivity contribution in [3.05, 3.63) is 77.0 Å². The van der Waals surface area contributed by atoms with Crippen LogP contribution in [-0.2, 0) is 34.9 Å². The van der Waals surface area contributed by atoms with Gasteiger partial charge in [-0.1, -0.05) is 66.9 Å². The number of aliphatic hydroxyl groups is 1. The van der Waals surface area contributed by atoms with Gasteiger partial charge in [-0.15, -0.1) is 0 Å². The van der Waals surface area contributed by atoms with E-state index in [2.05, 4.69) is 36.1 Å². The fourth-order valence-electron chi connectivity index (χ4n) is 7.57. The first-order valence-electron chi connectivity index (χ1n) is 18.7. The molecule has 4 amide bonds. The first-order valence-corrected chi connectivity index (χ1v) is 20.8. The Morgan fingerprint density at radius 3 is 2.59 bits per heavy atom. The van der Waals surface area contributed by atoms with Gasteiger partial charge < -0.3 is 41.0 Å². The van der Waals surface area contributed by atoms with Gasteiger partial charge in [0.15, 0.2) is 0 Å². The van der Waals surface area contributed by atoms with Crippen molar-refractivity contribution in [2.45, 2.75) is 101 Å². The Hall–Kier alpha value is -2.74. The van der Waals surface area contributed by atoms with Gasteiger partial charge in [0.1, 0.15) is 24.2 Å². The topological polar surface area (TPSA) is 174 Å². The summed E-state index contributed by atoms with van der Waals surface area (Å²) in [5.41, 5.74) is -1.10. The van der Waals surface area contributed by atoms with Crippen molar-refractivity contribution < 1.29 is 72.9 Å². The number of aliphatic hydroxyl groups excluding tert-OH is 1. The molecule has 1 aromatic carbocycles. The number of halogens is 2. The van der Waals surface area contributed by atoms with Crippen LogP contribution in [0.25, 0.3) is 0 Å². The third kappa shape index (κ3) is 11.7. The molecule has 0 aromatic heterocycles. The van der Waals surface area contributed by atoms with Crippen LogP contribution in [0.5, 0.6) is 0 Å². The maximum atomic E-state index is 14.4. The molecule has 304 valence electrons. The van der Waals surface area contributed by atoms with E-state index in [1.54, 1.807) is 36.8 Å². The molecule has 0 spiro atoms. The third-order valence-electron chi connectivity index (χ3n) is 10.5. The second-order valence-corrected chi connectivity index (χ2v) is 17.6. The monoisotopic (exact) mass is 1040 g/mol. The van der Waals surface area contributed by atoms with E-state index in [9.17, 15) is 37.1 Å². The fraction of sp³-hybridized carbons (Fsp3) is 0.564. The number of ether oxygens (including phenoxy) is 1. The molecule has 0 radical (unpaired) electrons. The molecule has 3 fully saturated rings. The van der Waals surface area contributed by atoms with Crippen LogP contribution in [0.2, 0.25) is 5.02 Å². The maximum Gasteiger partial charge on any atom is 2.00 e. The van der Waals surface area contributed by atoms with E-state index >= 15 is 0 Å². The number of hydrogen-bond donors (Lipinski definition) is 4. The Balaban J connectivity index is 0.00000133. The Kier molecular flexibility index (Phi) is 16.7. The largest absolute Gasteiger partial charge is 2.00 e. The first-order chi connectivity index (χ1) is 26.1. The molecule has 2 saturated heterocycles. The standard InChI is InChI=1S/C35H42ClFN5O8S.C4H9.U/c36-27-12-7-6-9-23(27)20-51(48,49)40-33(46)35-16-24(35)11-4-2-1-3-5-14-29(38-21-43)32(45)42-18-25(15-30(42)31(44)39-35)50-34(47)41-17-22-10-8-13-28(37)26(22)19-41;1-4(2)3;/h4,6-13,22,24-26,29-30,33,40,46H,1-3,5,14-20H2,(H,38,43)(H,39,44);1-3H3;/q2*-1;+2/b11-4-;;/t22?,24-,25-,26?,29+,30+,33?,35-;;/m1../s1. The van der Waals surface area contributed by atoms with Crippen molar-refractivity contribution in [2.24, 2.45) is 17.8 Å². The van der Waals surface area contributed by atoms with E-state index in [4.69, 9.17) is 16.3 Å². The molecular formula is C39H51ClFN5O8SU. The predicted octanol–water partition coefficient (Wildman–Crippen LogP) is 4.20. The summed E-state index contributed by atoms with van der Waals surface area (Å²) in [7, 11) is -4.14. The van der Waals surface area contributed by atoms with Gasteiger partial charge in [0, 0.05) is 42.3 Å².